The second kappa shape index (κ2) is 11.9. The zero-order chi connectivity index (χ0) is 24.9. The van der Waals surface area contributed by atoms with Gasteiger partial charge in [0.1, 0.15) is 5.82 Å². The Morgan fingerprint density at radius 3 is 2.65 bits per heavy atom. The van der Waals surface area contributed by atoms with Crippen molar-refractivity contribution in [2.24, 2.45) is 5.92 Å². The molecule has 34 heavy (non-hydrogen) atoms. The molecule has 1 aromatic heterocycles. The normalized spacial score (nSPS) is 16.4. The molecule has 2 N–H and O–H groups in total. The monoisotopic (exact) mass is 581 g/mol. The van der Waals surface area contributed by atoms with Crippen LogP contribution in [0.4, 0.5) is 4.39 Å². The predicted octanol–water partition coefficient (Wildman–Crippen LogP) is 5.10. The van der Waals surface area contributed by atoms with Gasteiger partial charge in [-0.2, -0.15) is 0 Å². The first-order valence-electron chi connectivity index (χ1n) is 12.2. The van der Waals surface area contributed by atoms with E-state index in [4.69, 9.17) is 4.98 Å². The zero-order valence-corrected chi connectivity index (χ0v) is 22.9. The molecule has 0 radical (unpaired) electrons. The maximum atomic E-state index is 13.3. The molecule has 0 saturated heterocycles. The highest BCUT2D eigenvalue weighted by Crippen LogP contribution is 2.39. The number of aliphatic hydroxyl groups excluding tert-OH is 1. The first-order valence-corrected chi connectivity index (χ1v) is 13.7. The molecule has 1 aliphatic heterocycles. The van der Waals surface area contributed by atoms with Crippen LogP contribution < -0.4 is 5.32 Å². The molecule has 0 unspecified atom stereocenters. The standard InChI is InChI=1S/C27H37FIN3O2/c1-5-18(2)30-15-20(14-29)8-11-25(34)32-16-22-13-21(12-19-6-9-23(28)10-7-19)24(17-33)31-26(22)27(32,3)4/h6-7,9-10,13,18,20,30,33H,5,8,11-12,14-17H2,1-4H3/t18-,20+/m1/s1. The molecule has 2 atom stereocenters. The van der Waals surface area contributed by atoms with Gasteiger partial charge in [0.25, 0.3) is 0 Å². The number of amides is 1. The number of nitrogens with one attached hydrogen (secondary N) is 1. The van der Waals surface area contributed by atoms with Gasteiger partial charge in [0.15, 0.2) is 0 Å². The molecule has 186 valence electrons. The van der Waals surface area contributed by atoms with Crippen LogP contribution in [-0.2, 0) is 29.9 Å². The summed E-state index contributed by atoms with van der Waals surface area (Å²) in [6, 6.07) is 8.95. The van der Waals surface area contributed by atoms with Gasteiger partial charge in [0, 0.05) is 23.4 Å². The molecular formula is C27H37FIN3O2. The van der Waals surface area contributed by atoms with E-state index in [-0.39, 0.29) is 18.3 Å². The second-order valence-electron chi connectivity index (χ2n) is 9.88. The number of rotatable bonds is 11. The van der Waals surface area contributed by atoms with Gasteiger partial charge in [-0.3, -0.25) is 9.78 Å². The number of carbonyl (C=O) groups excluding carboxylic acids is 1. The highest BCUT2D eigenvalue weighted by Gasteiger charge is 2.42. The number of halogens is 2. The third-order valence-electron chi connectivity index (χ3n) is 6.96. The van der Waals surface area contributed by atoms with Crippen molar-refractivity contribution in [2.45, 2.75) is 78.1 Å². The Bertz CT molecular complexity index is 981. The van der Waals surface area contributed by atoms with E-state index in [1.165, 1.54) is 12.1 Å². The molecule has 3 rings (SSSR count). The topological polar surface area (TPSA) is 65.5 Å². The summed E-state index contributed by atoms with van der Waals surface area (Å²) in [5.41, 5.74) is 3.84. The zero-order valence-electron chi connectivity index (χ0n) is 20.7. The smallest absolute Gasteiger partial charge is 0.223 e. The van der Waals surface area contributed by atoms with Crippen LogP contribution in [0.15, 0.2) is 30.3 Å². The molecule has 1 amide bonds. The Morgan fingerprint density at radius 2 is 2.03 bits per heavy atom. The molecule has 0 bridgehead atoms. The average molecular weight is 582 g/mol. The lowest BCUT2D eigenvalue weighted by Crippen LogP contribution is -2.41. The Kier molecular flexibility index (Phi) is 9.46. The number of fused-ring (bicyclic) bond motifs is 1. The largest absolute Gasteiger partial charge is 0.390 e. The van der Waals surface area contributed by atoms with Crippen molar-refractivity contribution in [2.75, 3.05) is 11.0 Å². The van der Waals surface area contributed by atoms with Gasteiger partial charge < -0.3 is 15.3 Å². The maximum Gasteiger partial charge on any atom is 0.223 e. The van der Waals surface area contributed by atoms with Gasteiger partial charge in [-0.25, -0.2) is 4.39 Å². The van der Waals surface area contributed by atoms with Crippen molar-refractivity contribution >= 4 is 28.5 Å². The summed E-state index contributed by atoms with van der Waals surface area (Å²) in [4.78, 5) is 20.0. The highest BCUT2D eigenvalue weighted by molar-refractivity contribution is 14.1. The first kappa shape index (κ1) is 27.0. The van der Waals surface area contributed by atoms with Crippen LogP contribution >= 0.6 is 22.6 Å². The maximum absolute atomic E-state index is 13.3. The number of pyridine rings is 1. The Balaban J connectivity index is 1.72. The van der Waals surface area contributed by atoms with Gasteiger partial charge in [-0.15, -0.1) is 0 Å². The number of hydrogen-bond acceptors (Lipinski definition) is 4. The van der Waals surface area contributed by atoms with E-state index in [1.54, 1.807) is 12.1 Å². The second-order valence-corrected chi connectivity index (χ2v) is 10.8. The van der Waals surface area contributed by atoms with Gasteiger partial charge >= 0.3 is 0 Å². The number of alkyl halides is 1. The van der Waals surface area contributed by atoms with E-state index in [1.807, 2.05) is 18.7 Å². The molecule has 1 aromatic carbocycles. The summed E-state index contributed by atoms with van der Waals surface area (Å²) >= 11 is 2.41. The van der Waals surface area contributed by atoms with E-state index in [0.717, 1.165) is 46.2 Å². The molecule has 0 fully saturated rings. The molecule has 0 spiro atoms. The Hall–Kier alpha value is -1.58. The van der Waals surface area contributed by atoms with Gasteiger partial charge in [-0.05, 0) is 87.4 Å². The minimum Gasteiger partial charge on any atom is -0.390 e. The lowest BCUT2D eigenvalue weighted by atomic mass is 9.95. The fraction of sp³-hybridized carbons (Fsp3) is 0.556. The quantitative estimate of drug-likeness (QED) is 0.287. The SMILES string of the molecule is CC[C@@H](C)NC[C@H](CI)CCC(=O)N1Cc2cc(Cc3ccc(F)cc3)c(CO)nc2C1(C)C. The summed E-state index contributed by atoms with van der Waals surface area (Å²) < 4.78 is 14.3. The fourth-order valence-electron chi connectivity index (χ4n) is 4.51. The molecule has 5 nitrogen and oxygen atoms in total. The van der Waals surface area contributed by atoms with E-state index in [9.17, 15) is 14.3 Å². The Labute approximate surface area is 216 Å². The van der Waals surface area contributed by atoms with Crippen LogP contribution in [0.25, 0.3) is 0 Å². The van der Waals surface area contributed by atoms with Crippen molar-refractivity contribution in [3.63, 3.8) is 0 Å². The number of aromatic nitrogens is 1. The number of benzene rings is 1. The molecule has 0 saturated carbocycles. The highest BCUT2D eigenvalue weighted by atomic mass is 127. The molecule has 0 aliphatic carbocycles. The lowest BCUT2D eigenvalue weighted by molar-refractivity contribution is -0.137. The van der Waals surface area contributed by atoms with Crippen molar-refractivity contribution < 1.29 is 14.3 Å². The summed E-state index contributed by atoms with van der Waals surface area (Å²) in [5.74, 6) is 0.342. The first-order chi connectivity index (χ1) is 16.2. The number of hydrogen-bond donors (Lipinski definition) is 2. The molecule has 7 heteroatoms. The summed E-state index contributed by atoms with van der Waals surface area (Å²) in [6.07, 6.45) is 3.03. The van der Waals surface area contributed by atoms with E-state index in [2.05, 4.69) is 47.8 Å². The third-order valence-corrected chi connectivity index (χ3v) is 8.21. The van der Waals surface area contributed by atoms with Crippen molar-refractivity contribution in [3.05, 3.63) is 64.2 Å². The summed E-state index contributed by atoms with van der Waals surface area (Å²) in [6.45, 7) is 9.72. The van der Waals surface area contributed by atoms with Crippen LogP contribution in [0.2, 0.25) is 0 Å². The van der Waals surface area contributed by atoms with Crippen molar-refractivity contribution in [3.8, 4) is 0 Å². The van der Waals surface area contributed by atoms with Gasteiger partial charge in [-0.1, -0.05) is 41.6 Å². The summed E-state index contributed by atoms with van der Waals surface area (Å²) in [5, 5.41) is 13.6. The number of carbonyl (C=O) groups is 1. The number of aliphatic hydroxyl groups is 1. The van der Waals surface area contributed by atoms with Crippen molar-refractivity contribution in [1.29, 1.82) is 0 Å². The van der Waals surface area contributed by atoms with Crippen LogP contribution in [0, 0.1) is 11.7 Å². The minimum atomic E-state index is -0.528. The fourth-order valence-corrected chi connectivity index (χ4v) is 5.26. The van der Waals surface area contributed by atoms with Gasteiger partial charge in [0.05, 0.1) is 23.5 Å². The molecule has 1 aliphatic rings. The molecule has 2 heterocycles. The van der Waals surface area contributed by atoms with Gasteiger partial charge in [0.2, 0.25) is 5.91 Å². The van der Waals surface area contributed by atoms with E-state index in [0.29, 0.717) is 37.0 Å². The van der Waals surface area contributed by atoms with Crippen LogP contribution in [0.3, 0.4) is 0 Å². The third kappa shape index (κ3) is 6.34. The van der Waals surface area contributed by atoms with E-state index < -0.39 is 5.54 Å². The minimum absolute atomic E-state index is 0.145. The van der Waals surface area contributed by atoms with Crippen LogP contribution in [-0.4, -0.2) is 37.9 Å². The van der Waals surface area contributed by atoms with Crippen LogP contribution in [0.1, 0.15) is 75.0 Å². The number of nitrogens with zero attached hydrogens (tertiary/aromatic N) is 2. The molecular weight excluding hydrogens is 544 g/mol. The van der Waals surface area contributed by atoms with Crippen LogP contribution in [0.5, 0.6) is 0 Å². The van der Waals surface area contributed by atoms with E-state index >= 15 is 0 Å². The lowest BCUT2D eigenvalue weighted by Gasteiger charge is -2.32. The average Bonchev–Trinajstić information content (AvgIpc) is 3.09. The predicted molar refractivity (Wildman–Crippen MR) is 142 cm³/mol. The summed E-state index contributed by atoms with van der Waals surface area (Å²) in [7, 11) is 0. The Morgan fingerprint density at radius 1 is 1.32 bits per heavy atom. The van der Waals surface area contributed by atoms with Crippen molar-refractivity contribution in [1.82, 2.24) is 15.2 Å². The molecule has 2 aromatic rings.